The summed E-state index contributed by atoms with van der Waals surface area (Å²) in [6.45, 7) is 9.61. The van der Waals surface area contributed by atoms with Gasteiger partial charge in [0.25, 0.3) is 0 Å². The van der Waals surface area contributed by atoms with Crippen molar-refractivity contribution in [1.29, 1.82) is 0 Å². The van der Waals surface area contributed by atoms with E-state index in [1.54, 1.807) is 0 Å². The van der Waals surface area contributed by atoms with Gasteiger partial charge in [0, 0.05) is 37.4 Å². The quantitative estimate of drug-likeness (QED) is 0.575. The summed E-state index contributed by atoms with van der Waals surface area (Å²) in [6, 6.07) is 6.09. The maximum atomic E-state index is 11.7. The normalized spacial score (nSPS) is 14.6. The topological polar surface area (TPSA) is 60.3 Å². The molecule has 1 fully saturated rings. The van der Waals surface area contributed by atoms with Crippen molar-refractivity contribution in [2.75, 3.05) is 19.7 Å². The molecule has 1 saturated heterocycles. The SMILES string of the molecule is CCCc1nc2cnc3cc(OCCN4CCCC4=O)ccc3c2n1CC(C)C. The first-order valence-electron chi connectivity index (χ1n) is 10.7. The molecule has 0 unspecified atom stereocenters. The Balaban J connectivity index is 1.61. The molecule has 0 saturated carbocycles. The summed E-state index contributed by atoms with van der Waals surface area (Å²) in [6.07, 6.45) is 5.54. The van der Waals surface area contributed by atoms with Gasteiger partial charge in [-0.25, -0.2) is 4.98 Å². The van der Waals surface area contributed by atoms with Gasteiger partial charge in [0.05, 0.1) is 23.8 Å². The number of fused-ring (bicyclic) bond motifs is 3. The minimum atomic E-state index is 0.234. The highest BCUT2D eigenvalue weighted by Crippen LogP contribution is 2.28. The largest absolute Gasteiger partial charge is 0.492 e. The van der Waals surface area contributed by atoms with E-state index >= 15 is 0 Å². The van der Waals surface area contributed by atoms with Gasteiger partial charge in [0.2, 0.25) is 5.91 Å². The lowest BCUT2D eigenvalue weighted by Crippen LogP contribution is -2.29. The summed E-state index contributed by atoms with van der Waals surface area (Å²) in [5.74, 6) is 2.71. The first kappa shape index (κ1) is 19.7. The van der Waals surface area contributed by atoms with Crippen molar-refractivity contribution in [3.8, 4) is 5.75 Å². The van der Waals surface area contributed by atoms with E-state index in [1.165, 1.54) is 5.52 Å². The number of aromatic nitrogens is 3. The fourth-order valence-corrected chi connectivity index (χ4v) is 4.12. The number of pyridine rings is 1. The number of aryl methyl sites for hydroxylation is 1. The highest BCUT2D eigenvalue weighted by atomic mass is 16.5. The van der Waals surface area contributed by atoms with Crippen LogP contribution in [0, 0.1) is 5.92 Å². The Kier molecular flexibility index (Phi) is 5.69. The van der Waals surface area contributed by atoms with Crippen molar-refractivity contribution < 1.29 is 9.53 Å². The Morgan fingerprint density at radius 1 is 1.24 bits per heavy atom. The number of ether oxygens (including phenoxy) is 1. The van der Waals surface area contributed by atoms with E-state index in [-0.39, 0.29) is 5.91 Å². The fourth-order valence-electron chi connectivity index (χ4n) is 4.12. The first-order valence-corrected chi connectivity index (χ1v) is 10.7. The summed E-state index contributed by atoms with van der Waals surface area (Å²) in [5, 5.41) is 1.11. The molecule has 3 heterocycles. The third-order valence-electron chi connectivity index (χ3n) is 5.45. The Labute approximate surface area is 171 Å². The monoisotopic (exact) mass is 394 g/mol. The van der Waals surface area contributed by atoms with Crippen molar-refractivity contribution >= 4 is 27.8 Å². The Bertz CT molecular complexity index is 1020. The highest BCUT2D eigenvalue weighted by Gasteiger charge is 2.19. The molecule has 6 heteroatoms. The molecule has 0 N–H and O–H groups in total. The average Bonchev–Trinajstić information content (AvgIpc) is 3.25. The minimum absolute atomic E-state index is 0.234. The molecule has 1 aromatic carbocycles. The molecule has 154 valence electrons. The predicted octanol–water partition coefficient (Wildman–Crippen LogP) is 4.19. The zero-order valence-corrected chi connectivity index (χ0v) is 17.6. The third kappa shape index (κ3) is 4.07. The molecule has 6 nitrogen and oxygen atoms in total. The van der Waals surface area contributed by atoms with Crippen LogP contribution in [-0.2, 0) is 17.8 Å². The van der Waals surface area contributed by atoms with E-state index in [9.17, 15) is 4.79 Å². The number of imidazole rings is 1. The van der Waals surface area contributed by atoms with Crippen LogP contribution >= 0.6 is 0 Å². The third-order valence-corrected chi connectivity index (χ3v) is 5.45. The first-order chi connectivity index (χ1) is 14.1. The van der Waals surface area contributed by atoms with Crippen LogP contribution < -0.4 is 4.74 Å². The van der Waals surface area contributed by atoms with E-state index in [0.29, 0.717) is 25.5 Å². The number of likely N-dealkylation sites (tertiary alicyclic amines) is 1. The van der Waals surface area contributed by atoms with E-state index < -0.39 is 0 Å². The minimum Gasteiger partial charge on any atom is -0.492 e. The van der Waals surface area contributed by atoms with Crippen molar-refractivity contribution in [3.63, 3.8) is 0 Å². The Hall–Kier alpha value is -2.63. The Morgan fingerprint density at radius 2 is 2.10 bits per heavy atom. The van der Waals surface area contributed by atoms with Crippen LogP contribution in [0.4, 0.5) is 0 Å². The number of carbonyl (C=O) groups is 1. The molecule has 1 amide bonds. The molecule has 0 spiro atoms. The molecule has 0 bridgehead atoms. The summed E-state index contributed by atoms with van der Waals surface area (Å²) in [7, 11) is 0. The van der Waals surface area contributed by atoms with Crippen LogP contribution in [0.5, 0.6) is 5.75 Å². The molecule has 1 aliphatic rings. The lowest BCUT2D eigenvalue weighted by Gasteiger charge is -2.16. The van der Waals surface area contributed by atoms with E-state index in [4.69, 9.17) is 9.72 Å². The maximum Gasteiger partial charge on any atom is 0.222 e. The number of nitrogens with zero attached hydrogens (tertiary/aromatic N) is 4. The molecular formula is C23H30N4O2. The van der Waals surface area contributed by atoms with E-state index in [2.05, 4.69) is 36.4 Å². The van der Waals surface area contributed by atoms with Crippen LogP contribution in [0.3, 0.4) is 0 Å². The average molecular weight is 395 g/mol. The fraction of sp³-hybridized carbons (Fsp3) is 0.522. The summed E-state index contributed by atoms with van der Waals surface area (Å²) in [4.78, 5) is 23.1. The number of amides is 1. The second-order valence-corrected chi connectivity index (χ2v) is 8.29. The van der Waals surface area contributed by atoms with Crippen molar-refractivity contribution in [3.05, 3.63) is 30.2 Å². The van der Waals surface area contributed by atoms with Gasteiger partial charge in [-0.2, -0.15) is 0 Å². The summed E-state index contributed by atoms with van der Waals surface area (Å²) < 4.78 is 8.29. The number of benzene rings is 1. The second-order valence-electron chi connectivity index (χ2n) is 8.29. The molecule has 3 aromatic rings. The molecule has 0 atom stereocenters. The zero-order valence-electron chi connectivity index (χ0n) is 17.6. The number of rotatable bonds is 8. The number of hydrogen-bond donors (Lipinski definition) is 0. The van der Waals surface area contributed by atoms with Gasteiger partial charge in [-0.1, -0.05) is 20.8 Å². The summed E-state index contributed by atoms with van der Waals surface area (Å²) >= 11 is 0. The second kappa shape index (κ2) is 8.39. The van der Waals surface area contributed by atoms with Crippen LogP contribution in [0.25, 0.3) is 21.9 Å². The van der Waals surface area contributed by atoms with Gasteiger partial charge >= 0.3 is 0 Å². The number of hydrogen-bond acceptors (Lipinski definition) is 4. The van der Waals surface area contributed by atoms with Gasteiger partial charge in [-0.15, -0.1) is 0 Å². The van der Waals surface area contributed by atoms with Gasteiger partial charge in [-0.3, -0.25) is 9.78 Å². The van der Waals surface area contributed by atoms with Crippen LogP contribution in [-0.4, -0.2) is 45.0 Å². The van der Waals surface area contributed by atoms with Gasteiger partial charge in [0.1, 0.15) is 23.7 Å². The predicted molar refractivity (Wildman–Crippen MR) is 115 cm³/mol. The van der Waals surface area contributed by atoms with Crippen LogP contribution in [0.2, 0.25) is 0 Å². The van der Waals surface area contributed by atoms with Gasteiger partial charge in [-0.05, 0) is 30.9 Å². The Morgan fingerprint density at radius 3 is 2.83 bits per heavy atom. The smallest absolute Gasteiger partial charge is 0.222 e. The molecule has 0 aliphatic carbocycles. The molecular weight excluding hydrogens is 364 g/mol. The molecule has 29 heavy (non-hydrogen) atoms. The lowest BCUT2D eigenvalue weighted by molar-refractivity contribution is -0.128. The van der Waals surface area contributed by atoms with Crippen LogP contribution in [0.1, 0.15) is 45.9 Å². The number of carbonyl (C=O) groups excluding carboxylic acids is 1. The molecule has 1 aliphatic heterocycles. The van der Waals surface area contributed by atoms with Crippen molar-refractivity contribution in [1.82, 2.24) is 19.4 Å². The molecule has 0 radical (unpaired) electrons. The molecule has 4 rings (SSSR count). The van der Waals surface area contributed by atoms with Gasteiger partial charge < -0.3 is 14.2 Å². The molecule has 2 aromatic heterocycles. The highest BCUT2D eigenvalue weighted by molar-refractivity contribution is 6.02. The van der Waals surface area contributed by atoms with E-state index in [1.807, 2.05) is 23.2 Å². The van der Waals surface area contributed by atoms with Crippen molar-refractivity contribution in [2.45, 2.75) is 53.0 Å². The van der Waals surface area contributed by atoms with Crippen LogP contribution in [0.15, 0.2) is 24.4 Å². The van der Waals surface area contributed by atoms with E-state index in [0.717, 1.165) is 60.3 Å². The maximum absolute atomic E-state index is 11.7. The van der Waals surface area contributed by atoms with Crippen molar-refractivity contribution in [2.24, 2.45) is 5.92 Å². The zero-order chi connectivity index (χ0) is 20.4. The summed E-state index contributed by atoms with van der Waals surface area (Å²) in [5.41, 5.74) is 3.05. The lowest BCUT2D eigenvalue weighted by atomic mass is 10.1. The van der Waals surface area contributed by atoms with Gasteiger partial charge in [0.15, 0.2) is 0 Å². The standard InChI is InChI=1S/C23H30N4O2/c1-4-6-21-25-20-14-24-19-13-17(29-12-11-26-10-5-7-22(26)28)8-9-18(19)23(20)27(21)15-16(2)3/h8-9,13-14,16H,4-7,10-12,15H2,1-3H3.